The van der Waals surface area contributed by atoms with E-state index in [0.717, 1.165) is 22.2 Å². The Kier molecular flexibility index (Phi) is 4.39. The normalized spacial score (nSPS) is 17.4. The highest BCUT2D eigenvalue weighted by molar-refractivity contribution is 9.11. The third kappa shape index (κ3) is 3.32. The number of hydrogen-bond donors (Lipinski definition) is 2. The number of hydrogen-bond acceptors (Lipinski definition) is 3. The number of carboxylic acids is 1. The summed E-state index contributed by atoms with van der Waals surface area (Å²) in [5.74, 6) is -0.937. The van der Waals surface area contributed by atoms with Gasteiger partial charge < -0.3 is 15.3 Å². The second-order valence-corrected chi connectivity index (χ2v) is 7.62. The first-order chi connectivity index (χ1) is 9.33. The molecule has 1 aliphatic rings. The highest BCUT2D eigenvalue weighted by Crippen LogP contribution is 2.39. The fraction of sp³-hybridized carbons (Fsp3) is 0.538. The zero-order valence-corrected chi connectivity index (χ0v) is 13.8. The van der Waals surface area contributed by atoms with E-state index in [-0.39, 0.29) is 11.9 Å². The van der Waals surface area contributed by atoms with E-state index in [0.29, 0.717) is 6.54 Å². The van der Waals surface area contributed by atoms with Gasteiger partial charge in [-0.25, -0.2) is 9.59 Å². The number of nitrogens with zero attached hydrogens (tertiary/aromatic N) is 1. The number of carboxylic acid groups (broad SMARTS) is 1. The number of amides is 2. The lowest BCUT2D eigenvalue weighted by Crippen LogP contribution is -2.56. The first-order valence-electron chi connectivity index (χ1n) is 6.32. The van der Waals surface area contributed by atoms with E-state index in [4.69, 9.17) is 0 Å². The van der Waals surface area contributed by atoms with E-state index >= 15 is 0 Å². The number of carbonyl (C=O) groups excluding carboxylic acids is 1. The van der Waals surface area contributed by atoms with Gasteiger partial charge in [-0.15, -0.1) is 11.3 Å². The maximum Gasteiger partial charge on any atom is 0.329 e. The molecule has 7 heteroatoms. The Morgan fingerprint density at radius 1 is 1.60 bits per heavy atom. The average Bonchev–Trinajstić information content (AvgIpc) is 3.14. The fourth-order valence-electron chi connectivity index (χ4n) is 2.08. The molecule has 0 spiro atoms. The quantitative estimate of drug-likeness (QED) is 0.847. The predicted molar refractivity (Wildman–Crippen MR) is 80.8 cm³/mol. The third-order valence-corrected chi connectivity index (χ3v) is 5.15. The van der Waals surface area contributed by atoms with Crippen LogP contribution in [0.5, 0.6) is 0 Å². The van der Waals surface area contributed by atoms with Crippen molar-refractivity contribution in [2.75, 3.05) is 7.05 Å². The molecule has 2 amide bonds. The van der Waals surface area contributed by atoms with Crippen molar-refractivity contribution in [3.8, 4) is 0 Å². The molecule has 1 aliphatic carbocycles. The first-order valence-corrected chi connectivity index (χ1v) is 8.00. The summed E-state index contributed by atoms with van der Waals surface area (Å²) in [5, 5.41) is 14.0. The van der Waals surface area contributed by atoms with Crippen LogP contribution in [0.3, 0.4) is 0 Å². The fourth-order valence-corrected chi connectivity index (χ4v) is 3.28. The molecule has 0 aliphatic heterocycles. The van der Waals surface area contributed by atoms with Crippen molar-refractivity contribution in [3.05, 3.63) is 20.8 Å². The minimum absolute atomic E-state index is 0.0349. The molecule has 20 heavy (non-hydrogen) atoms. The SMILES string of the molecule is CN(Cc1csc(Br)c1)C(=O)NC(C)(C(=O)O)C1CC1. The second kappa shape index (κ2) is 5.73. The molecule has 1 aromatic rings. The van der Waals surface area contributed by atoms with Crippen molar-refractivity contribution in [1.29, 1.82) is 0 Å². The summed E-state index contributed by atoms with van der Waals surface area (Å²) in [6, 6.07) is 1.59. The van der Waals surface area contributed by atoms with Gasteiger partial charge in [-0.3, -0.25) is 0 Å². The smallest absolute Gasteiger partial charge is 0.329 e. The molecule has 2 N–H and O–H groups in total. The van der Waals surface area contributed by atoms with Crippen LogP contribution < -0.4 is 5.32 Å². The van der Waals surface area contributed by atoms with Crippen molar-refractivity contribution >= 4 is 39.3 Å². The molecule has 1 atom stereocenters. The number of halogens is 1. The molecule has 110 valence electrons. The molecule has 5 nitrogen and oxygen atoms in total. The number of aliphatic carboxylic acids is 1. The minimum Gasteiger partial charge on any atom is -0.480 e. The van der Waals surface area contributed by atoms with Crippen LogP contribution in [0.1, 0.15) is 25.3 Å². The lowest BCUT2D eigenvalue weighted by Gasteiger charge is -2.29. The molecule has 0 bridgehead atoms. The summed E-state index contributed by atoms with van der Waals surface area (Å²) >= 11 is 4.93. The number of urea groups is 1. The lowest BCUT2D eigenvalue weighted by molar-refractivity contribution is -0.144. The first kappa shape index (κ1) is 15.3. The summed E-state index contributed by atoms with van der Waals surface area (Å²) in [6.45, 7) is 2.04. The Hall–Kier alpha value is -1.08. The van der Waals surface area contributed by atoms with Gasteiger partial charge in [0.05, 0.1) is 3.79 Å². The van der Waals surface area contributed by atoms with Gasteiger partial charge in [-0.2, -0.15) is 0 Å². The van der Waals surface area contributed by atoms with Crippen molar-refractivity contribution in [1.82, 2.24) is 10.2 Å². The van der Waals surface area contributed by atoms with Gasteiger partial charge >= 0.3 is 12.0 Å². The molecule has 0 radical (unpaired) electrons. The van der Waals surface area contributed by atoms with E-state index < -0.39 is 11.5 Å². The maximum absolute atomic E-state index is 12.1. The molecule has 1 saturated carbocycles. The van der Waals surface area contributed by atoms with Gasteiger partial charge in [0.15, 0.2) is 0 Å². The Bertz CT molecular complexity index is 529. The zero-order valence-electron chi connectivity index (χ0n) is 11.4. The Balaban J connectivity index is 1.98. The van der Waals surface area contributed by atoms with Gasteiger partial charge in [-0.1, -0.05) is 0 Å². The van der Waals surface area contributed by atoms with Gasteiger partial charge in [0.2, 0.25) is 0 Å². The molecular formula is C13H17BrN2O3S. The largest absolute Gasteiger partial charge is 0.480 e. The van der Waals surface area contributed by atoms with Crippen LogP contribution in [0, 0.1) is 5.92 Å². The van der Waals surface area contributed by atoms with Crippen LogP contribution in [0.15, 0.2) is 15.2 Å². The van der Waals surface area contributed by atoms with Crippen molar-refractivity contribution in [3.63, 3.8) is 0 Å². The monoisotopic (exact) mass is 360 g/mol. The Morgan fingerprint density at radius 3 is 2.70 bits per heavy atom. The van der Waals surface area contributed by atoms with Crippen LogP contribution in [0.2, 0.25) is 0 Å². The van der Waals surface area contributed by atoms with Crippen LogP contribution >= 0.6 is 27.3 Å². The van der Waals surface area contributed by atoms with Crippen LogP contribution in [-0.4, -0.2) is 34.6 Å². The standard InChI is InChI=1S/C13H17BrN2O3S/c1-13(11(17)18,9-3-4-9)15-12(19)16(2)6-8-5-10(14)20-7-8/h5,7,9H,3-4,6H2,1-2H3,(H,15,19)(H,17,18). The van der Waals surface area contributed by atoms with Crippen LogP contribution in [-0.2, 0) is 11.3 Å². The van der Waals surface area contributed by atoms with E-state index in [1.807, 2.05) is 11.4 Å². The Morgan fingerprint density at radius 2 is 2.25 bits per heavy atom. The van der Waals surface area contributed by atoms with Crippen LogP contribution in [0.4, 0.5) is 4.79 Å². The summed E-state index contributed by atoms with van der Waals surface area (Å²) < 4.78 is 1.01. The predicted octanol–water partition coefficient (Wildman–Crippen LogP) is 2.91. The molecule has 2 rings (SSSR count). The summed E-state index contributed by atoms with van der Waals surface area (Å²) in [7, 11) is 1.66. The minimum atomic E-state index is -1.17. The topological polar surface area (TPSA) is 69.6 Å². The van der Waals surface area contributed by atoms with Crippen molar-refractivity contribution in [2.45, 2.75) is 31.8 Å². The highest BCUT2D eigenvalue weighted by atomic mass is 79.9. The summed E-state index contributed by atoms with van der Waals surface area (Å²) in [4.78, 5) is 25.0. The summed E-state index contributed by atoms with van der Waals surface area (Å²) in [5.41, 5.74) is -0.149. The van der Waals surface area contributed by atoms with Gasteiger partial charge in [0.1, 0.15) is 5.54 Å². The Labute approximate surface area is 130 Å². The van der Waals surface area contributed by atoms with Crippen molar-refractivity contribution < 1.29 is 14.7 Å². The number of rotatable bonds is 5. The average molecular weight is 361 g/mol. The number of carbonyl (C=O) groups is 2. The third-order valence-electron chi connectivity index (χ3n) is 3.59. The molecule has 1 heterocycles. The van der Waals surface area contributed by atoms with Gasteiger partial charge in [-0.05, 0) is 58.6 Å². The van der Waals surface area contributed by atoms with E-state index in [2.05, 4.69) is 21.2 Å². The van der Waals surface area contributed by atoms with E-state index in [1.54, 1.807) is 25.3 Å². The van der Waals surface area contributed by atoms with Gasteiger partial charge in [0.25, 0.3) is 0 Å². The van der Waals surface area contributed by atoms with Crippen molar-refractivity contribution in [2.24, 2.45) is 5.92 Å². The lowest BCUT2D eigenvalue weighted by atomic mass is 9.96. The molecule has 1 unspecified atom stereocenters. The number of nitrogens with one attached hydrogen (secondary N) is 1. The molecule has 1 aromatic heterocycles. The maximum atomic E-state index is 12.1. The molecule has 0 saturated heterocycles. The molecule has 0 aromatic carbocycles. The van der Waals surface area contributed by atoms with E-state index in [9.17, 15) is 14.7 Å². The van der Waals surface area contributed by atoms with Crippen LogP contribution in [0.25, 0.3) is 0 Å². The highest BCUT2D eigenvalue weighted by Gasteiger charge is 2.48. The second-order valence-electron chi connectivity index (χ2n) is 5.33. The van der Waals surface area contributed by atoms with E-state index in [1.165, 1.54) is 4.90 Å². The zero-order chi connectivity index (χ0) is 14.9. The number of thiophene rings is 1. The molecular weight excluding hydrogens is 344 g/mol. The summed E-state index contributed by atoms with van der Waals surface area (Å²) in [6.07, 6.45) is 1.70. The van der Waals surface area contributed by atoms with Gasteiger partial charge in [0, 0.05) is 13.6 Å². The molecule has 1 fully saturated rings.